The molecule has 2 aromatic carbocycles. The molecule has 2 amide bonds. The van der Waals surface area contributed by atoms with E-state index in [0.717, 1.165) is 16.9 Å². The van der Waals surface area contributed by atoms with E-state index < -0.39 is 12.0 Å². The Bertz CT molecular complexity index is 835. The molecule has 1 aliphatic heterocycles. The van der Waals surface area contributed by atoms with Gasteiger partial charge in [-0.25, -0.2) is 0 Å². The van der Waals surface area contributed by atoms with E-state index in [1.54, 1.807) is 11.0 Å². The van der Waals surface area contributed by atoms with E-state index in [1.165, 1.54) is 5.56 Å². The first-order valence-electron chi connectivity index (χ1n) is 8.60. The highest BCUT2D eigenvalue weighted by Crippen LogP contribution is 2.26. The van der Waals surface area contributed by atoms with E-state index in [2.05, 4.69) is 18.3 Å². The van der Waals surface area contributed by atoms with Crippen LogP contribution in [0.5, 0.6) is 0 Å². The van der Waals surface area contributed by atoms with E-state index >= 15 is 0 Å². The Morgan fingerprint density at radius 2 is 1.85 bits per heavy atom. The normalized spacial score (nSPS) is 17.0. The maximum atomic E-state index is 13.0. The van der Waals surface area contributed by atoms with Crippen LogP contribution >= 0.6 is 0 Å². The van der Waals surface area contributed by atoms with Crippen LogP contribution in [0.3, 0.4) is 0 Å². The van der Waals surface area contributed by atoms with Crippen molar-refractivity contribution in [2.45, 2.75) is 20.0 Å². The summed E-state index contributed by atoms with van der Waals surface area (Å²) in [6, 6.07) is 13.4. The van der Waals surface area contributed by atoms with Crippen molar-refractivity contribution >= 4 is 23.2 Å². The van der Waals surface area contributed by atoms with Crippen molar-refractivity contribution in [3.05, 3.63) is 59.2 Å². The largest absolute Gasteiger partial charge is 0.367 e. The topological polar surface area (TPSA) is 84.7 Å². The molecule has 1 fully saturated rings. The first-order chi connectivity index (χ1) is 12.5. The maximum Gasteiger partial charge on any atom is 0.256 e. The molecule has 1 aliphatic rings. The lowest BCUT2D eigenvalue weighted by Gasteiger charge is -2.32. The number of amides is 2. The number of benzene rings is 2. The summed E-state index contributed by atoms with van der Waals surface area (Å²) >= 11 is 0. The van der Waals surface area contributed by atoms with Crippen LogP contribution in [-0.4, -0.2) is 42.5 Å². The zero-order valence-electron chi connectivity index (χ0n) is 15.0. The number of hydrogen-bond donors (Lipinski definition) is 2. The second kappa shape index (κ2) is 7.58. The van der Waals surface area contributed by atoms with Crippen molar-refractivity contribution in [3.8, 4) is 0 Å². The van der Waals surface area contributed by atoms with E-state index in [0.29, 0.717) is 18.7 Å². The van der Waals surface area contributed by atoms with Gasteiger partial charge in [-0.2, -0.15) is 0 Å². The van der Waals surface area contributed by atoms with Gasteiger partial charge in [-0.05, 0) is 43.2 Å². The molecule has 0 saturated carbocycles. The predicted octanol–water partition coefficient (Wildman–Crippen LogP) is 2.37. The van der Waals surface area contributed by atoms with Crippen LogP contribution in [-0.2, 0) is 9.53 Å². The minimum absolute atomic E-state index is 0.145. The first-order valence-corrected chi connectivity index (χ1v) is 8.60. The molecular weight excluding hydrogens is 330 g/mol. The second-order valence-corrected chi connectivity index (χ2v) is 6.43. The molecule has 2 aromatic rings. The number of anilines is 2. The van der Waals surface area contributed by atoms with Crippen LogP contribution in [0, 0.1) is 13.8 Å². The Morgan fingerprint density at radius 1 is 1.12 bits per heavy atom. The highest BCUT2D eigenvalue weighted by Gasteiger charge is 2.29. The minimum atomic E-state index is -0.758. The molecule has 6 nitrogen and oxygen atoms in total. The van der Waals surface area contributed by atoms with E-state index in [-0.39, 0.29) is 12.5 Å². The number of carbonyl (C=O) groups excluding carboxylic acids is 2. The van der Waals surface area contributed by atoms with Gasteiger partial charge in [0.2, 0.25) is 5.91 Å². The van der Waals surface area contributed by atoms with Crippen molar-refractivity contribution < 1.29 is 14.3 Å². The summed E-state index contributed by atoms with van der Waals surface area (Å²) in [7, 11) is 0. The van der Waals surface area contributed by atoms with Gasteiger partial charge in [0.25, 0.3) is 5.91 Å². The molecule has 6 heteroatoms. The van der Waals surface area contributed by atoms with Gasteiger partial charge in [-0.1, -0.05) is 24.3 Å². The average Bonchev–Trinajstić information content (AvgIpc) is 2.65. The number of carbonyl (C=O) groups is 2. The number of morpholine rings is 1. The molecule has 1 atom stereocenters. The lowest BCUT2D eigenvalue weighted by molar-refractivity contribution is -0.133. The summed E-state index contributed by atoms with van der Waals surface area (Å²) in [5.74, 6) is -0.697. The van der Waals surface area contributed by atoms with Gasteiger partial charge in [0.05, 0.1) is 24.4 Å². The Morgan fingerprint density at radius 3 is 2.62 bits per heavy atom. The molecule has 136 valence electrons. The van der Waals surface area contributed by atoms with E-state index in [4.69, 9.17) is 10.5 Å². The Hall–Kier alpha value is -2.86. The second-order valence-electron chi connectivity index (χ2n) is 6.43. The van der Waals surface area contributed by atoms with Crippen LogP contribution < -0.4 is 11.1 Å². The molecule has 3 rings (SSSR count). The summed E-state index contributed by atoms with van der Waals surface area (Å²) in [5, 5.41) is 3.37. The molecule has 0 spiro atoms. The highest BCUT2D eigenvalue weighted by molar-refractivity contribution is 6.00. The number of primary amides is 1. The zero-order chi connectivity index (χ0) is 18.7. The number of ether oxygens (including phenoxy) is 1. The fourth-order valence-corrected chi connectivity index (χ4v) is 2.99. The van der Waals surface area contributed by atoms with Gasteiger partial charge in [-0.15, -0.1) is 0 Å². The number of nitrogens with one attached hydrogen (secondary N) is 1. The zero-order valence-corrected chi connectivity index (χ0v) is 15.0. The standard InChI is InChI=1S/C20H23N3O3/c1-13-6-5-9-16(14(13)2)22-17-8-4-3-7-15(17)20(25)23-10-11-26-18(12-23)19(21)24/h3-9,18,22H,10-12H2,1-2H3,(H2,21,24)/t18-/m1/s1. The van der Waals surface area contributed by atoms with Crippen LogP contribution in [0.15, 0.2) is 42.5 Å². The molecular formula is C20H23N3O3. The third kappa shape index (κ3) is 3.70. The molecule has 0 aromatic heterocycles. The van der Waals surface area contributed by atoms with Crippen LogP contribution in [0.25, 0.3) is 0 Å². The Kier molecular flexibility index (Phi) is 5.23. The summed E-state index contributed by atoms with van der Waals surface area (Å²) in [6.45, 7) is 5.00. The molecule has 1 saturated heterocycles. The summed E-state index contributed by atoms with van der Waals surface area (Å²) in [5.41, 5.74) is 9.87. The maximum absolute atomic E-state index is 13.0. The Balaban J connectivity index is 1.86. The van der Waals surface area contributed by atoms with Crippen LogP contribution in [0.4, 0.5) is 11.4 Å². The van der Waals surface area contributed by atoms with Gasteiger partial charge in [0.1, 0.15) is 0 Å². The summed E-state index contributed by atoms with van der Waals surface area (Å²) in [6.07, 6.45) is -0.758. The fraction of sp³-hybridized carbons (Fsp3) is 0.300. The Labute approximate surface area is 152 Å². The van der Waals surface area contributed by atoms with Crippen LogP contribution in [0.2, 0.25) is 0 Å². The molecule has 0 aliphatic carbocycles. The number of nitrogens with zero attached hydrogens (tertiary/aromatic N) is 1. The molecule has 0 bridgehead atoms. The van der Waals surface area contributed by atoms with Crippen molar-refractivity contribution in [1.29, 1.82) is 0 Å². The number of para-hydroxylation sites is 1. The predicted molar refractivity (Wildman–Crippen MR) is 100 cm³/mol. The van der Waals surface area contributed by atoms with Gasteiger partial charge >= 0.3 is 0 Å². The SMILES string of the molecule is Cc1cccc(Nc2ccccc2C(=O)N2CCO[C@@H](C(N)=O)C2)c1C. The number of aryl methyl sites for hydroxylation is 1. The lowest BCUT2D eigenvalue weighted by atomic mass is 10.1. The fourth-order valence-electron chi connectivity index (χ4n) is 2.99. The average molecular weight is 353 g/mol. The third-order valence-corrected chi connectivity index (χ3v) is 4.70. The lowest BCUT2D eigenvalue weighted by Crippen LogP contribution is -2.50. The number of hydrogen-bond acceptors (Lipinski definition) is 4. The molecule has 3 N–H and O–H groups in total. The molecule has 1 heterocycles. The van der Waals surface area contributed by atoms with Gasteiger partial charge in [-0.3, -0.25) is 9.59 Å². The van der Waals surface area contributed by atoms with Crippen molar-refractivity contribution in [2.24, 2.45) is 5.73 Å². The molecule has 0 unspecified atom stereocenters. The van der Waals surface area contributed by atoms with Gasteiger partial charge in [0.15, 0.2) is 6.10 Å². The smallest absolute Gasteiger partial charge is 0.256 e. The summed E-state index contributed by atoms with van der Waals surface area (Å²) in [4.78, 5) is 26.0. The van der Waals surface area contributed by atoms with Gasteiger partial charge < -0.3 is 20.7 Å². The minimum Gasteiger partial charge on any atom is -0.367 e. The van der Waals surface area contributed by atoms with Gasteiger partial charge in [0, 0.05) is 12.2 Å². The number of rotatable bonds is 4. The third-order valence-electron chi connectivity index (χ3n) is 4.70. The first kappa shape index (κ1) is 17.9. The van der Waals surface area contributed by atoms with Crippen molar-refractivity contribution in [3.63, 3.8) is 0 Å². The van der Waals surface area contributed by atoms with Crippen LogP contribution in [0.1, 0.15) is 21.5 Å². The van der Waals surface area contributed by atoms with E-state index in [1.807, 2.05) is 37.3 Å². The monoisotopic (exact) mass is 353 g/mol. The summed E-state index contributed by atoms with van der Waals surface area (Å²) < 4.78 is 5.33. The highest BCUT2D eigenvalue weighted by atomic mass is 16.5. The quantitative estimate of drug-likeness (QED) is 0.884. The van der Waals surface area contributed by atoms with Crippen molar-refractivity contribution in [2.75, 3.05) is 25.0 Å². The van der Waals surface area contributed by atoms with Crippen molar-refractivity contribution in [1.82, 2.24) is 4.90 Å². The molecule has 0 radical (unpaired) electrons. The van der Waals surface area contributed by atoms with E-state index in [9.17, 15) is 9.59 Å². The number of nitrogens with two attached hydrogens (primary N) is 1. The molecule has 26 heavy (non-hydrogen) atoms.